The molecular weight excluding hydrogens is 408 g/mol. The Hall–Kier alpha value is -3.85. The van der Waals surface area contributed by atoms with Crippen LogP contribution >= 0.6 is 0 Å². The topological polar surface area (TPSA) is 125 Å². The maximum absolute atomic E-state index is 12.5. The predicted molar refractivity (Wildman–Crippen MR) is 109 cm³/mol. The molecule has 3 rings (SSSR count). The summed E-state index contributed by atoms with van der Waals surface area (Å²) in [4.78, 5) is 23.5. The summed E-state index contributed by atoms with van der Waals surface area (Å²) in [7, 11) is -2.33. The van der Waals surface area contributed by atoms with Crippen LogP contribution in [-0.2, 0) is 10.0 Å². The zero-order chi connectivity index (χ0) is 21.7. The number of ether oxygens (including phenoxy) is 1. The fourth-order valence-electron chi connectivity index (χ4n) is 2.65. The van der Waals surface area contributed by atoms with E-state index in [1.54, 1.807) is 24.3 Å². The minimum atomic E-state index is -3.84. The predicted octanol–water partition coefficient (Wildman–Crippen LogP) is 2.11. The number of hydrogen-bond acceptors (Lipinski definition) is 6. The Labute approximate surface area is 173 Å². The van der Waals surface area contributed by atoms with E-state index in [0.29, 0.717) is 17.1 Å². The van der Waals surface area contributed by atoms with Crippen molar-refractivity contribution in [3.8, 4) is 5.75 Å². The average molecular weight is 425 g/mol. The van der Waals surface area contributed by atoms with Gasteiger partial charge in [0.05, 0.1) is 18.0 Å². The maximum atomic E-state index is 12.5. The standard InChI is InChI=1S/C21H18N2O6S/c1-29-16-10-6-15(7-11-16)23-30(27,28)17-12-8-14(9-13-17)22-20(24)18-4-2-3-5-19(18)21(25)26/h2-13,23H,1H3,(H,22,24)(H,25,26)/p-1. The molecule has 0 aliphatic carbocycles. The third-order valence-corrected chi connectivity index (χ3v) is 5.55. The van der Waals surface area contributed by atoms with Crippen molar-refractivity contribution in [1.82, 2.24) is 0 Å². The number of carbonyl (C=O) groups is 2. The first-order chi connectivity index (χ1) is 14.3. The van der Waals surface area contributed by atoms with E-state index in [1.807, 2.05) is 0 Å². The Balaban J connectivity index is 1.74. The summed E-state index contributed by atoms with van der Waals surface area (Å²) in [5.74, 6) is -1.52. The van der Waals surface area contributed by atoms with Gasteiger partial charge in [0.25, 0.3) is 15.9 Å². The molecule has 0 unspecified atom stereocenters. The molecule has 0 aliphatic rings. The number of rotatable bonds is 7. The van der Waals surface area contributed by atoms with Crippen LogP contribution in [0, 0.1) is 0 Å². The maximum Gasteiger partial charge on any atom is 0.261 e. The largest absolute Gasteiger partial charge is 0.545 e. The van der Waals surface area contributed by atoms with Crippen LogP contribution in [0.1, 0.15) is 20.7 Å². The number of nitrogens with one attached hydrogen (secondary N) is 2. The number of aromatic carboxylic acids is 1. The molecule has 0 bridgehead atoms. The molecule has 3 aromatic rings. The summed E-state index contributed by atoms with van der Waals surface area (Å²) in [6.45, 7) is 0. The first-order valence-corrected chi connectivity index (χ1v) is 10.2. The molecule has 0 atom stereocenters. The summed E-state index contributed by atoms with van der Waals surface area (Å²) >= 11 is 0. The quantitative estimate of drug-likeness (QED) is 0.597. The molecule has 0 saturated heterocycles. The highest BCUT2D eigenvalue weighted by Crippen LogP contribution is 2.21. The number of carbonyl (C=O) groups excluding carboxylic acids is 2. The minimum Gasteiger partial charge on any atom is -0.545 e. The second-order valence-electron chi connectivity index (χ2n) is 6.15. The lowest BCUT2D eigenvalue weighted by Crippen LogP contribution is -2.26. The first-order valence-electron chi connectivity index (χ1n) is 8.69. The Bertz CT molecular complexity index is 1170. The van der Waals surface area contributed by atoms with Gasteiger partial charge in [0, 0.05) is 22.5 Å². The molecule has 0 aromatic heterocycles. The van der Waals surface area contributed by atoms with E-state index in [0.717, 1.165) is 0 Å². The molecule has 9 heteroatoms. The van der Waals surface area contributed by atoms with Crippen LogP contribution < -0.4 is 19.9 Å². The van der Waals surface area contributed by atoms with Gasteiger partial charge in [0.1, 0.15) is 5.75 Å². The van der Waals surface area contributed by atoms with Gasteiger partial charge in [-0.25, -0.2) is 8.42 Å². The monoisotopic (exact) mass is 425 g/mol. The first kappa shape index (κ1) is 20.9. The van der Waals surface area contributed by atoms with Crippen molar-refractivity contribution in [3.05, 3.63) is 83.9 Å². The fraction of sp³-hybridized carbons (Fsp3) is 0.0476. The summed E-state index contributed by atoms with van der Waals surface area (Å²) < 4.78 is 32.5. The van der Waals surface area contributed by atoms with Crippen molar-refractivity contribution in [2.75, 3.05) is 17.1 Å². The lowest BCUT2D eigenvalue weighted by molar-refractivity contribution is -0.255. The van der Waals surface area contributed by atoms with E-state index in [4.69, 9.17) is 4.74 Å². The summed E-state index contributed by atoms with van der Waals surface area (Å²) in [6.07, 6.45) is 0. The van der Waals surface area contributed by atoms with Gasteiger partial charge in [-0.1, -0.05) is 18.2 Å². The molecule has 0 fully saturated rings. The number of carboxylic acid groups (broad SMARTS) is 1. The van der Waals surface area contributed by atoms with Crippen LogP contribution in [0.4, 0.5) is 11.4 Å². The van der Waals surface area contributed by atoms with E-state index < -0.39 is 21.9 Å². The third kappa shape index (κ3) is 4.76. The Morgan fingerprint density at radius 2 is 1.40 bits per heavy atom. The van der Waals surface area contributed by atoms with Gasteiger partial charge < -0.3 is 20.0 Å². The molecule has 0 saturated carbocycles. The smallest absolute Gasteiger partial charge is 0.261 e. The second kappa shape index (κ2) is 8.66. The third-order valence-electron chi connectivity index (χ3n) is 4.16. The zero-order valence-electron chi connectivity index (χ0n) is 15.8. The van der Waals surface area contributed by atoms with Gasteiger partial charge in [-0.3, -0.25) is 9.52 Å². The lowest BCUT2D eigenvalue weighted by atomic mass is 10.1. The van der Waals surface area contributed by atoms with Crippen molar-refractivity contribution in [1.29, 1.82) is 0 Å². The Morgan fingerprint density at radius 1 is 0.833 bits per heavy atom. The Kier molecular flexibility index (Phi) is 6.03. The van der Waals surface area contributed by atoms with Crippen LogP contribution in [0.25, 0.3) is 0 Å². The van der Waals surface area contributed by atoms with Gasteiger partial charge in [-0.2, -0.15) is 0 Å². The lowest BCUT2D eigenvalue weighted by Gasteiger charge is -2.12. The van der Waals surface area contributed by atoms with Crippen LogP contribution in [0.3, 0.4) is 0 Å². The number of benzene rings is 3. The van der Waals surface area contributed by atoms with E-state index in [-0.39, 0.29) is 16.0 Å². The summed E-state index contributed by atoms with van der Waals surface area (Å²) in [5.41, 5.74) is 0.372. The number of hydrogen-bond donors (Lipinski definition) is 2. The summed E-state index contributed by atoms with van der Waals surface area (Å²) in [6, 6.07) is 17.5. The van der Waals surface area contributed by atoms with Crippen molar-refractivity contribution >= 4 is 33.3 Å². The average Bonchev–Trinajstić information content (AvgIpc) is 2.74. The van der Waals surface area contributed by atoms with Crippen LogP contribution in [0.15, 0.2) is 77.7 Å². The molecule has 3 aromatic carbocycles. The number of anilines is 2. The highest BCUT2D eigenvalue weighted by molar-refractivity contribution is 7.92. The van der Waals surface area contributed by atoms with E-state index in [1.165, 1.54) is 55.6 Å². The Morgan fingerprint density at radius 3 is 1.97 bits per heavy atom. The van der Waals surface area contributed by atoms with Gasteiger partial charge in [-0.05, 0) is 54.6 Å². The van der Waals surface area contributed by atoms with Gasteiger partial charge in [0.2, 0.25) is 0 Å². The molecule has 0 heterocycles. The molecule has 154 valence electrons. The summed E-state index contributed by atoms with van der Waals surface area (Å²) in [5, 5.41) is 13.7. The normalized spacial score (nSPS) is 10.8. The van der Waals surface area contributed by atoms with Gasteiger partial charge in [-0.15, -0.1) is 0 Å². The second-order valence-corrected chi connectivity index (χ2v) is 7.83. The molecule has 0 spiro atoms. The number of sulfonamides is 1. The van der Waals surface area contributed by atoms with Crippen LogP contribution in [0.5, 0.6) is 5.75 Å². The molecule has 30 heavy (non-hydrogen) atoms. The van der Waals surface area contributed by atoms with Crippen LogP contribution in [0.2, 0.25) is 0 Å². The zero-order valence-corrected chi connectivity index (χ0v) is 16.6. The molecule has 8 nitrogen and oxygen atoms in total. The molecule has 0 radical (unpaired) electrons. The highest BCUT2D eigenvalue weighted by atomic mass is 32.2. The number of carboxylic acids is 1. The fourth-order valence-corrected chi connectivity index (χ4v) is 3.71. The number of amides is 1. The SMILES string of the molecule is COc1ccc(NS(=O)(=O)c2ccc(NC(=O)c3ccccc3C(=O)[O-])cc2)cc1. The van der Waals surface area contributed by atoms with E-state index >= 15 is 0 Å². The van der Waals surface area contributed by atoms with Crippen molar-refractivity contribution in [2.24, 2.45) is 0 Å². The highest BCUT2D eigenvalue weighted by Gasteiger charge is 2.16. The molecule has 2 N–H and O–H groups in total. The molecule has 0 aliphatic heterocycles. The van der Waals surface area contributed by atoms with Crippen molar-refractivity contribution in [2.45, 2.75) is 4.90 Å². The molecular formula is C21H17N2O6S-. The van der Waals surface area contributed by atoms with Crippen molar-refractivity contribution in [3.63, 3.8) is 0 Å². The van der Waals surface area contributed by atoms with Crippen molar-refractivity contribution < 1.29 is 27.9 Å². The number of methoxy groups -OCH3 is 1. The van der Waals surface area contributed by atoms with Gasteiger partial charge >= 0.3 is 0 Å². The van der Waals surface area contributed by atoms with Crippen LogP contribution in [-0.4, -0.2) is 27.4 Å². The molecule has 1 amide bonds. The van der Waals surface area contributed by atoms with E-state index in [2.05, 4.69) is 10.0 Å². The van der Waals surface area contributed by atoms with Gasteiger partial charge in [0.15, 0.2) is 0 Å². The van der Waals surface area contributed by atoms with E-state index in [9.17, 15) is 23.1 Å². The minimum absolute atomic E-state index is 0.00791.